The molecule has 1 aliphatic rings. The summed E-state index contributed by atoms with van der Waals surface area (Å²) in [5, 5.41) is 4.57. The lowest BCUT2D eigenvalue weighted by molar-refractivity contribution is -0.119. The predicted octanol–water partition coefficient (Wildman–Crippen LogP) is 3.86. The number of amides is 2. The summed E-state index contributed by atoms with van der Waals surface area (Å²) < 4.78 is 5.16. The summed E-state index contributed by atoms with van der Waals surface area (Å²) in [4.78, 5) is 37.5. The van der Waals surface area contributed by atoms with Crippen LogP contribution in [0.5, 0.6) is 0 Å². The average Bonchev–Trinajstić information content (AvgIpc) is 3.24. The van der Waals surface area contributed by atoms with E-state index in [4.69, 9.17) is 10.5 Å². The minimum Gasteiger partial charge on any atom is -0.451 e. The van der Waals surface area contributed by atoms with Gasteiger partial charge in [-0.1, -0.05) is 20.8 Å². The van der Waals surface area contributed by atoms with Gasteiger partial charge in [0.2, 0.25) is 0 Å². The highest BCUT2D eigenvalue weighted by Crippen LogP contribution is 2.40. The van der Waals surface area contributed by atoms with Crippen LogP contribution in [0, 0.1) is 11.3 Å². The van der Waals surface area contributed by atoms with Crippen molar-refractivity contribution in [3.8, 4) is 0 Å². The number of fused-ring (bicyclic) bond motifs is 1. The van der Waals surface area contributed by atoms with Crippen molar-refractivity contribution in [2.24, 2.45) is 17.1 Å². The first kappa shape index (κ1) is 20.5. The summed E-state index contributed by atoms with van der Waals surface area (Å²) in [6.07, 6.45) is 3.07. The van der Waals surface area contributed by atoms with Crippen molar-refractivity contribution in [2.75, 3.05) is 11.9 Å². The van der Waals surface area contributed by atoms with E-state index in [1.54, 1.807) is 5.38 Å². The Balaban J connectivity index is 1.57. The fourth-order valence-electron chi connectivity index (χ4n) is 3.33. The molecule has 8 heteroatoms. The molecule has 3 N–H and O–H groups in total. The fourth-order valence-corrected chi connectivity index (χ4v) is 5.24. The Morgan fingerprint density at radius 2 is 2.07 bits per heavy atom. The Morgan fingerprint density at radius 1 is 1.32 bits per heavy atom. The molecule has 0 spiro atoms. The Hall–Kier alpha value is -2.19. The number of esters is 1. The Morgan fingerprint density at radius 3 is 2.75 bits per heavy atom. The van der Waals surface area contributed by atoms with Crippen molar-refractivity contribution < 1.29 is 19.1 Å². The summed E-state index contributed by atoms with van der Waals surface area (Å²) in [5.74, 6) is -1.03. The fraction of sp³-hybridized carbons (Fsp3) is 0.450. The van der Waals surface area contributed by atoms with Crippen LogP contribution in [-0.2, 0) is 22.4 Å². The summed E-state index contributed by atoms with van der Waals surface area (Å²) in [6.45, 7) is 6.34. The van der Waals surface area contributed by atoms with Gasteiger partial charge in [-0.2, -0.15) is 0 Å². The molecular weight excluding hydrogens is 396 g/mol. The maximum atomic E-state index is 12.4. The van der Waals surface area contributed by atoms with Gasteiger partial charge in [0, 0.05) is 4.88 Å². The number of aryl methyl sites for hydroxylation is 1. The number of carbonyl (C=O) groups is 3. The number of ether oxygens (including phenoxy) is 1. The van der Waals surface area contributed by atoms with Crippen LogP contribution in [0.25, 0.3) is 0 Å². The van der Waals surface area contributed by atoms with Gasteiger partial charge in [0.1, 0.15) is 9.88 Å². The smallest absolute Gasteiger partial charge is 0.348 e. The maximum Gasteiger partial charge on any atom is 0.348 e. The number of primary amides is 1. The van der Waals surface area contributed by atoms with Crippen LogP contribution in [0.1, 0.15) is 57.7 Å². The van der Waals surface area contributed by atoms with Crippen molar-refractivity contribution in [3.63, 3.8) is 0 Å². The molecule has 0 fully saturated rings. The standard InChI is InChI=1S/C20H24N2O4S2/c1-20(2,3)12-4-5-14-11(8-12)9-15(28-14)19(25)26-10-16(23)22-18-13(17(21)24)6-7-27-18/h6-7,9,12H,4-5,8,10H2,1-3H3,(H2,21,24)(H,22,23)/t12-/m1/s1. The van der Waals surface area contributed by atoms with E-state index in [0.29, 0.717) is 15.8 Å². The SMILES string of the molecule is CC(C)(C)[C@@H]1CCc2sc(C(=O)OCC(=O)Nc3sccc3C(N)=O)cc2C1. The number of nitrogens with two attached hydrogens (primary N) is 1. The molecule has 3 rings (SSSR count). The van der Waals surface area contributed by atoms with E-state index in [2.05, 4.69) is 26.1 Å². The molecule has 0 aromatic carbocycles. The average molecular weight is 421 g/mol. The number of hydrogen-bond acceptors (Lipinski definition) is 6. The third-order valence-electron chi connectivity index (χ3n) is 5.03. The van der Waals surface area contributed by atoms with Crippen molar-refractivity contribution >= 4 is 45.5 Å². The van der Waals surface area contributed by atoms with E-state index in [0.717, 1.165) is 19.3 Å². The van der Waals surface area contributed by atoms with Gasteiger partial charge in [0.15, 0.2) is 6.61 Å². The van der Waals surface area contributed by atoms with E-state index in [9.17, 15) is 14.4 Å². The molecule has 0 unspecified atom stereocenters. The highest BCUT2D eigenvalue weighted by atomic mass is 32.1. The second kappa shape index (κ2) is 8.05. The lowest BCUT2D eigenvalue weighted by atomic mass is 9.72. The number of rotatable bonds is 5. The summed E-state index contributed by atoms with van der Waals surface area (Å²) in [5.41, 5.74) is 6.95. The van der Waals surface area contributed by atoms with Crippen molar-refractivity contribution in [3.05, 3.63) is 38.4 Å². The molecule has 0 bridgehead atoms. The molecule has 6 nitrogen and oxygen atoms in total. The summed E-state index contributed by atoms with van der Waals surface area (Å²) in [7, 11) is 0. The van der Waals surface area contributed by atoms with E-state index in [-0.39, 0.29) is 11.0 Å². The number of thiophene rings is 2. The van der Waals surface area contributed by atoms with Gasteiger partial charge in [0.05, 0.1) is 5.56 Å². The topological polar surface area (TPSA) is 98.5 Å². The van der Waals surface area contributed by atoms with E-state index in [1.807, 2.05) is 6.07 Å². The van der Waals surface area contributed by atoms with Gasteiger partial charge in [-0.25, -0.2) is 4.79 Å². The van der Waals surface area contributed by atoms with Crippen LogP contribution in [0.15, 0.2) is 17.5 Å². The molecule has 0 saturated heterocycles. The molecule has 0 saturated carbocycles. The molecule has 28 heavy (non-hydrogen) atoms. The molecule has 2 aromatic heterocycles. The molecular formula is C20H24N2O4S2. The third kappa shape index (κ3) is 4.62. The van der Waals surface area contributed by atoms with Crippen molar-refractivity contribution in [1.29, 1.82) is 0 Å². The van der Waals surface area contributed by atoms with Gasteiger partial charge < -0.3 is 15.8 Å². The predicted molar refractivity (Wildman–Crippen MR) is 111 cm³/mol. The van der Waals surface area contributed by atoms with Gasteiger partial charge in [0.25, 0.3) is 11.8 Å². The quantitative estimate of drug-likeness (QED) is 0.718. The highest BCUT2D eigenvalue weighted by molar-refractivity contribution is 7.15. The minimum absolute atomic E-state index is 0.240. The van der Waals surface area contributed by atoms with Crippen LogP contribution >= 0.6 is 22.7 Å². The largest absolute Gasteiger partial charge is 0.451 e. The van der Waals surface area contributed by atoms with Gasteiger partial charge in [-0.3, -0.25) is 9.59 Å². The normalized spacial score (nSPS) is 16.3. The zero-order valence-electron chi connectivity index (χ0n) is 16.2. The lowest BCUT2D eigenvalue weighted by Crippen LogP contribution is -2.26. The Labute approximate surface area is 172 Å². The Bertz CT molecular complexity index is 908. The van der Waals surface area contributed by atoms with Crippen LogP contribution < -0.4 is 11.1 Å². The van der Waals surface area contributed by atoms with Crippen molar-refractivity contribution in [2.45, 2.75) is 40.0 Å². The number of hydrogen-bond donors (Lipinski definition) is 2. The van der Waals surface area contributed by atoms with Gasteiger partial charge in [-0.15, -0.1) is 22.7 Å². The molecule has 2 aromatic rings. The zero-order chi connectivity index (χ0) is 20.5. The molecule has 1 atom stereocenters. The maximum absolute atomic E-state index is 12.4. The molecule has 1 aliphatic carbocycles. The van der Waals surface area contributed by atoms with Crippen LogP contribution in [-0.4, -0.2) is 24.4 Å². The van der Waals surface area contributed by atoms with Crippen LogP contribution in [0.4, 0.5) is 5.00 Å². The van der Waals surface area contributed by atoms with E-state index >= 15 is 0 Å². The molecule has 150 valence electrons. The second-order valence-corrected chi connectivity index (χ2v) is 10.1. The van der Waals surface area contributed by atoms with E-state index < -0.39 is 24.4 Å². The van der Waals surface area contributed by atoms with Crippen LogP contribution in [0.3, 0.4) is 0 Å². The molecule has 0 aliphatic heterocycles. The van der Waals surface area contributed by atoms with Gasteiger partial charge >= 0.3 is 5.97 Å². The number of nitrogens with one attached hydrogen (secondary N) is 1. The molecule has 2 amide bonds. The summed E-state index contributed by atoms with van der Waals surface area (Å²) >= 11 is 2.64. The van der Waals surface area contributed by atoms with Crippen LogP contribution in [0.2, 0.25) is 0 Å². The second-order valence-electron chi connectivity index (χ2n) is 8.02. The van der Waals surface area contributed by atoms with E-state index in [1.165, 1.54) is 39.2 Å². The zero-order valence-corrected chi connectivity index (χ0v) is 17.8. The first-order chi connectivity index (χ1) is 13.1. The minimum atomic E-state index is -0.619. The lowest BCUT2D eigenvalue weighted by Gasteiger charge is -2.33. The summed E-state index contributed by atoms with van der Waals surface area (Å²) in [6, 6.07) is 3.44. The highest BCUT2D eigenvalue weighted by Gasteiger charge is 2.30. The molecule has 2 heterocycles. The monoisotopic (exact) mass is 420 g/mol. The van der Waals surface area contributed by atoms with Crippen molar-refractivity contribution in [1.82, 2.24) is 0 Å². The Kier molecular flexibility index (Phi) is 5.90. The molecule has 0 radical (unpaired) electrons. The number of anilines is 1. The third-order valence-corrected chi connectivity index (χ3v) is 7.07. The first-order valence-corrected chi connectivity index (χ1v) is 10.8. The number of carbonyl (C=O) groups excluding carboxylic acids is 3. The first-order valence-electron chi connectivity index (χ1n) is 9.11. The van der Waals surface area contributed by atoms with Gasteiger partial charge in [-0.05, 0) is 53.7 Å².